The highest BCUT2D eigenvalue weighted by Crippen LogP contribution is 2.16. The Kier molecular flexibility index (Phi) is 4.46. The van der Waals surface area contributed by atoms with E-state index in [4.69, 9.17) is 0 Å². The third-order valence-electron chi connectivity index (χ3n) is 3.02. The second kappa shape index (κ2) is 6.08. The molecule has 0 fully saturated rings. The van der Waals surface area contributed by atoms with Gasteiger partial charge in [-0.3, -0.25) is 4.99 Å². The van der Waals surface area contributed by atoms with Crippen molar-refractivity contribution in [1.82, 2.24) is 15.6 Å². The fourth-order valence-corrected chi connectivity index (χ4v) is 2.13. The lowest BCUT2D eigenvalue weighted by Crippen LogP contribution is -2.40. The van der Waals surface area contributed by atoms with Gasteiger partial charge in [0.05, 0.1) is 5.52 Å². The van der Waals surface area contributed by atoms with Crippen molar-refractivity contribution in [2.24, 2.45) is 4.99 Å². The molecule has 1 aliphatic heterocycles. The van der Waals surface area contributed by atoms with Crippen LogP contribution in [0.25, 0.3) is 10.9 Å². The van der Waals surface area contributed by atoms with Crippen LogP contribution in [0, 0.1) is 0 Å². The molecule has 2 aromatic rings. The summed E-state index contributed by atoms with van der Waals surface area (Å²) in [7, 11) is 0. The maximum Gasteiger partial charge on any atom is 0.191 e. The Morgan fingerprint density at radius 2 is 2.22 bits per heavy atom. The molecule has 5 heteroatoms. The molecule has 0 amide bonds. The van der Waals surface area contributed by atoms with Crippen molar-refractivity contribution in [2.75, 3.05) is 13.1 Å². The lowest BCUT2D eigenvalue weighted by Gasteiger charge is -2.16. The summed E-state index contributed by atoms with van der Waals surface area (Å²) in [6, 6.07) is 8.43. The number of nitrogens with one attached hydrogen (secondary N) is 3. The number of aliphatic imine (C=N–C) groups is 1. The lowest BCUT2D eigenvalue weighted by atomic mass is 10.1. The zero-order chi connectivity index (χ0) is 11.5. The van der Waals surface area contributed by atoms with Crippen LogP contribution < -0.4 is 10.6 Å². The molecule has 0 atom stereocenters. The summed E-state index contributed by atoms with van der Waals surface area (Å²) in [5.41, 5.74) is 2.47. The van der Waals surface area contributed by atoms with Gasteiger partial charge < -0.3 is 15.6 Å². The quantitative estimate of drug-likeness (QED) is 0.723. The predicted molar refractivity (Wildman–Crippen MR) is 85.5 cm³/mol. The highest BCUT2D eigenvalue weighted by Gasteiger charge is 2.05. The third-order valence-corrected chi connectivity index (χ3v) is 3.02. The van der Waals surface area contributed by atoms with Crippen molar-refractivity contribution in [3.8, 4) is 0 Å². The SMILES string of the molecule is I.c1cc(CNC2=NCCCN2)c2[nH]ccc2c1. The Hall–Kier alpha value is -1.24. The van der Waals surface area contributed by atoms with E-state index in [0.29, 0.717) is 0 Å². The van der Waals surface area contributed by atoms with Crippen LogP contribution in [-0.2, 0) is 6.54 Å². The van der Waals surface area contributed by atoms with Gasteiger partial charge in [0.15, 0.2) is 5.96 Å². The molecule has 0 aliphatic carbocycles. The maximum atomic E-state index is 4.40. The van der Waals surface area contributed by atoms with E-state index < -0.39 is 0 Å². The number of aromatic amines is 1. The van der Waals surface area contributed by atoms with Crippen molar-refractivity contribution in [3.05, 3.63) is 36.0 Å². The third kappa shape index (κ3) is 2.77. The number of para-hydroxylation sites is 1. The van der Waals surface area contributed by atoms with Crippen LogP contribution in [0.15, 0.2) is 35.5 Å². The molecule has 0 saturated heterocycles. The standard InChI is InChI=1S/C13H16N4.HI/c1-3-10-5-8-14-12(10)11(4-1)9-17-13-15-6-2-7-16-13;/h1,3-5,8,14H,2,6-7,9H2,(H2,15,16,17);1H. The van der Waals surface area contributed by atoms with E-state index in [1.165, 1.54) is 16.5 Å². The van der Waals surface area contributed by atoms with Gasteiger partial charge in [0, 0.05) is 25.8 Å². The monoisotopic (exact) mass is 356 g/mol. The van der Waals surface area contributed by atoms with E-state index in [9.17, 15) is 0 Å². The number of guanidine groups is 1. The Labute approximate surface area is 123 Å². The lowest BCUT2D eigenvalue weighted by molar-refractivity contribution is 0.702. The maximum absolute atomic E-state index is 4.40. The van der Waals surface area contributed by atoms with Gasteiger partial charge in [0.2, 0.25) is 0 Å². The second-order valence-corrected chi connectivity index (χ2v) is 4.22. The molecule has 0 bridgehead atoms. The number of halogens is 1. The van der Waals surface area contributed by atoms with Gasteiger partial charge in [0.1, 0.15) is 0 Å². The van der Waals surface area contributed by atoms with E-state index in [1.807, 2.05) is 6.20 Å². The van der Waals surface area contributed by atoms with Crippen molar-refractivity contribution in [3.63, 3.8) is 0 Å². The van der Waals surface area contributed by atoms with Gasteiger partial charge in [-0.15, -0.1) is 24.0 Å². The summed E-state index contributed by atoms with van der Waals surface area (Å²) in [6.07, 6.45) is 3.10. The van der Waals surface area contributed by atoms with Crippen LogP contribution in [0.2, 0.25) is 0 Å². The van der Waals surface area contributed by atoms with E-state index in [0.717, 1.165) is 32.0 Å². The van der Waals surface area contributed by atoms with E-state index in [1.54, 1.807) is 0 Å². The molecule has 18 heavy (non-hydrogen) atoms. The predicted octanol–water partition coefficient (Wildman–Crippen LogP) is 2.22. The minimum atomic E-state index is 0. The molecule has 0 saturated carbocycles. The first kappa shape index (κ1) is 13.2. The molecule has 1 aliphatic rings. The molecule has 0 radical (unpaired) electrons. The van der Waals surface area contributed by atoms with Gasteiger partial charge in [-0.05, 0) is 23.4 Å². The van der Waals surface area contributed by atoms with Crippen molar-refractivity contribution < 1.29 is 0 Å². The molecule has 4 nitrogen and oxygen atoms in total. The minimum Gasteiger partial charge on any atom is -0.361 e. The number of hydrogen-bond donors (Lipinski definition) is 3. The van der Waals surface area contributed by atoms with Crippen LogP contribution in [0.4, 0.5) is 0 Å². The van der Waals surface area contributed by atoms with Crippen LogP contribution in [0.5, 0.6) is 0 Å². The average molecular weight is 356 g/mol. The van der Waals surface area contributed by atoms with Crippen molar-refractivity contribution >= 4 is 40.8 Å². The first-order chi connectivity index (χ1) is 8.43. The average Bonchev–Trinajstić information content (AvgIpc) is 2.86. The first-order valence-corrected chi connectivity index (χ1v) is 6.01. The molecule has 2 heterocycles. The summed E-state index contributed by atoms with van der Waals surface area (Å²) < 4.78 is 0. The highest BCUT2D eigenvalue weighted by molar-refractivity contribution is 14.0. The number of hydrogen-bond acceptors (Lipinski definition) is 3. The highest BCUT2D eigenvalue weighted by atomic mass is 127. The van der Waals surface area contributed by atoms with Crippen molar-refractivity contribution in [1.29, 1.82) is 0 Å². The van der Waals surface area contributed by atoms with Gasteiger partial charge in [0.25, 0.3) is 0 Å². The van der Waals surface area contributed by atoms with Gasteiger partial charge >= 0.3 is 0 Å². The van der Waals surface area contributed by atoms with E-state index >= 15 is 0 Å². The fourth-order valence-electron chi connectivity index (χ4n) is 2.13. The van der Waals surface area contributed by atoms with E-state index in [2.05, 4.69) is 44.9 Å². The molecule has 1 aromatic carbocycles. The minimum absolute atomic E-state index is 0. The van der Waals surface area contributed by atoms with Gasteiger partial charge in [-0.25, -0.2) is 0 Å². The van der Waals surface area contributed by atoms with Crippen LogP contribution >= 0.6 is 24.0 Å². The first-order valence-electron chi connectivity index (χ1n) is 6.01. The summed E-state index contributed by atoms with van der Waals surface area (Å²) >= 11 is 0. The smallest absolute Gasteiger partial charge is 0.191 e. The number of benzene rings is 1. The van der Waals surface area contributed by atoms with Gasteiger partial charge in [-0.2, -0.15) is 0 Å². The molecule has 0 spiro atoms. The zero-order valence-electron chi connectivity index (χ0n) is 10.1. The molecule has 0 unspecified atom stereocenters. The van der Waals surface area contributed by atoms with Crippen LogP contribution in [0.1, 0.15) is 12.0 Å². The normalized spacial score (nSPS) is 14.6. The van der Waals surface area contributed by atoms with Gasteiger partial charge in [-0.1, -0.05) is 18.2 Å². The summed E-state index contributed by atoms with van der Waals surface area (Å²) in [5, 5.41) is 7.85. The summed E-state index contributed by atoms with van der Waals surface area (Å²) in [4.78, 5) is 7.67. The van der Waals surface area contributed by atoms with Crippen LogP contribution in [0.3, 0.4) is 0 Å². The van der Waals surface area contributed by atoms with Crippen molar-refractivity contribution in [2.45, 2.75) is 13.0 Å². The summed E-state index contributed by atoms with van der Waals surface area (Å²) in [5.74, 6) is 0.916. The number of nitrogens with zero attached hydrogens (tertiary/aromatic N) is 1. The number of rotatable bonds is 2. The molecular weight excluding hydrogens is 339 g/mol. The topological polar surface area (TPSA) is 52.2 Å². The largest absolute Gasteiger partial charge is 0.361 e. The Morgan fingerprint density at radius 1 is 1.28 bits per heavy atom. The Bertz CT molecular complexity index is 547. The molecular formula is C13H17IN4. The Balaban J connectivity index is 0.00000120. The summed E-state index contributed by atoms with van der Waals surface area (Å²) in [6.45, 7) is 2.73. The number of fused-ring (bicyclic) bond motifs is 1. The fraction of sp³-hybridized carbons (Fsp3) is 0.308. The van der Waals surface area contributed by atoms with Crippen LogP contribution in [-0.4, -0.2) is 24.0 Å². The second-order valence-electron chi connectivity index (χ2n) is 4.22. The zero-order valence-corrected chi connectivity index (χ0v) is 12.4. The van der Waals surface area contributed by atoms with E-state index in [-0.39, 0.29) is 24.0 Å². The Morgan fingerprint density at radius 3 is 3.06 bits per heavy atom. The number of aromatic nitrogens is 1. The molecule has 3 rings (SSSR count). The molecule has 3 N–H and O–H groups in total. The number of H-pyrrole nitrogens is 1. The molecule has 96 valence electrons. The molecule has 1 aromatic heterocycles.